The Labute approximate surface area is 185 Å². The number of halogens is 4. The van der Waals surface area contributed by atoms with Crippen molar-refractivity contribution in [3.05, 3.63) is 94.6 Å². The van der Waals surface area contributed by atoms with Crippen LogP contribution in [0.15, 0.2) is 59.8 Å². The number of carboxylic acids is 1. The monoisotopic (exact) mass is 463 g/mol. The Morgan fingerprint density at radius 2 is 1.42 bits per heavy atom. The highest BCUT2D eigenvalue weighted by Crippen LogP contribution is 2.26. The van der Waals surface area contributed by atoms with Gasteiger partial charge in [-0.2, -0.15) is 0 Å². The van der Waals surface area contributed by atoms with Crippen LogP contribution in [0.4, 0.5) is 17.6 Å². The summed E-state index contributed by atoms with van der Waals surface area (Å²) in [6.45, 7) is -0.827. The molecule has 33 heavy (non-hydrogen) atoms. The maximum absolute atomic E-state index is 13.4. The second-order valence-electron chi connectivity index (χ2n) is 6.68. The van der Waals surface area contributed by atoms with Crippen LogP contribution in [0.5, 0.6) is 11.5 Å². The summed E-state index contributed by atoms with van der Waals surface area (Å²) < 4.78 is 64.3. The molecule has 0 aromatic heterocycles. The molecule has 0 spiro atoms. The maximum atomic E-state index is 13.4. The Kier molecular flexibility index (Phi) is 7.85. The summed E-state index contributed by atoms with van der Waals surface area (Å²) in [5.74, 6) is -4.67. The zero-order valence-corrected chi connectivity index (χ0v) is 16.9. The van der Waals surface area contributed by atoms with Gasteiger partial charge in [0.05, 0.1) is 6.21 Å². The summed E-state index contributed by atoms with van der Waals surface area (Å²) in [5.41, 5.74) is 1.13. The highest BCUT2D eigenvalue weighted by molar-refractivity contribution is 5.83. The van der Waals surface area contributed by atoms with Gasteiger partial charge in [0.2, 0.25) is 6.61 Å². The van der Waals surface area contributed by atoms with Crippen molar-refractivity contribution >= 4 is 12.2 Å². The first-order valence-corrected chi connectivity index (χ1v) is 9.46. The molecule has 0 bridgehead atoms. The average Bonchev–Trinajstić information content (AvgIpc) is 2.79. The van der Waals surface area contributed by atoms with Gasteiger partial charge in [0.25, 0.3) is 0 Å². The number of aliphatic carboxylic acids is 1. The van der Waals surface area contributed by atoms with Crippen LogP contribution in [0.3, 0.4) is 0 Å². The van der Waals surface area contributed by atoms with Crippen LogP contribution in [0.2, 0.25) is 0 Å². The molecule has 0 fully saturated rings. The summed E-state index contributed by atoms with van der Waals surface area (Å²) in [6, 6.07) is 11.2. The molecule has 172 valence electrons. The zero-order chi connectivity index (χ0) is 23.8. The van der Waals surface area contributed by atoms with Crippen LogP contribution in [0.25, 0.3) is 0 Å². The highest BCUT2D eigenvalue weighted by atomic mass is 19.2. The van der Waals surface area contributed by atoms with Gasteiger partial charge in [0.1, 0.15) is 24.7 Å². The molecular formula is C23H17F4NO5. The molecule has 10 heteroatoms. The molecular weight excluding hydrogens is 446 g/mol. The van der Waals surface area contributed by atoms with Crippen LogP contribution < -0.4 is 9.47 Å². The lowest BCUT2D eigenvalue weighted by Crippen LogP contribution is -2.04. The number of hydrogen-bond donors (Lipinski definition) is 1. The third kappa shape index (κ3) is 6.96. The van der Waals surface area contributed by atoms with Crippen LogP contribution >= 0.6 is 0 Å². The van der Waals surface area contributed by atoms with Crippen LogP contribution in [-0.4, -0.2) is 23.9 Å². The van der Waals surface area contributed by atoms with Crippen molar-refractivity contribution in [1.82, 2.24) is 0 Å². The zero-order valence-electron chi connectivity index (χ0n) is 16.9. The molecule has 3 rings (SSSR count). The molecule has 0 heterocycles. The van der Waals surface area contributed by atoms with E-state index in [9.17, 15) is 22.4 Å². The fraction of sp³-hybridized carbons (Fsp3) is 0.130. The molecule has 1 N–H and O–H groups in total. The largest absolute Gasteiger partial charge is 0.489 e. The third-order valence-electron chi connectivity index (χ3n) is 4.21. The number of carbonyl (C=O) groups is 1. The fourth-order valence-corrected chi connectivity index (χ4v) is 2.61. The molecule has 0 aliphatic rings. The van der Waals surface area contributed by atoms with Crippen LogP contribution in [-0.2, 0) is 22.8 Å². The summed E-state index contributed by atoms with van der Waals surface area (Å²) in [6.07, 6.45) is 1.21. The SMILES string of the molecule is O=C(O)CON=Cc1ccc(OCc2ccc(F)c(F)c2)cc1OCc1ccc(F)c(F)c1. The number of benzene rings is 3. The lowest BCUT2D eigenvalue weighted by atomic mass is 10.2. The maximum Gasteiger partial charge on any atom is 0.344 e. The van der Waals surface area contributed by atoms with Crippen molar-refractivity contribution in [1.29, 1.82) is 0 Å². The molecule has 3 aromatic carbocycles. The average molecular weight is 463 g/mol. The molecule has 0 atom stereocenters. The molecule has 0 saturated heterocycles. The molecule has 0 radical (unpaired) electrons. The minimum Gasteiger partial charge on any atom is -0.489 e. The molecule has 6 nitrogen and oxygen atoms in total. The molecule has 0 aliphatic carbocycles. The van der Waals surface area contributed by atoms with Crippen molar-refractivity contribution in [3.63, 3.8) is 0 Å². The summed E-state index contributed by atoms with van der Waals surface area (Å²) in [5, 5.41) is 12.1. The first kappa shape index (κ1) is 23.6. The fourth-order valence-electron chi connectivity index (χ4n) is 2.61. The number of carboxylic acid groups (broad SMARTS) is 1. The Hall–Kier alpha value is -4.08. The summed E-state index contributed by atoms with van der Waals surface area (Å²) in [7, 11) is 0. The predicted molar refractivity (Wildman–Crippen MR) is 109 cm³/mol. The topological polar surface area (TPSA) is 77.4 Å². The van der Waals surface area contributed by atoms with E-state index in [1.54, 1.807) is 6.07 Å². The van der Waals surface area contributed by atoms with Gasteiger partial charge in [0.15, 0.2) is 23.3 Å². The summed E-state index contributed by atoms with van der Waals surface area (Å²) >= 11 is 0. The van der Waals surface area contributed by atoms with Gasteiger partial charge < -0.3 is 19.4 Å². The number of hydrogen-bond acceptors (Lipinski definition) is 5. The number of nitrogens with zero attached hydrogens (tertiary/aromatic N) is 1. The van der Waals surface area contributed by atoms with Gasteiger partial charge in [-0.25, -0.2) is 22.4 Å². The summed E-state index contributed by atoms with van der Waals surface area (Å²) in [4.78, 5) is 15.1. The molecule has 0 saturated carbocycles. The Morgan fingerprint density at radius 3 is 2.00 bits per heavy atom. The van der Waals surface area contributed by atoms with Gasteiger partial charge in [-0.05, 0) is 47.5 Å². The Morgan fingerprint density at radius 1 is 0.818 bits per heavy atom. The second kappa shape index (κ2) is 11.0. The number of rotatable bonds is 10. The van der Waals surface area contributed by atoms with Gasteiger partial charge in [-0.15, -0.1) is 0 Å². The second-order valence-corrected chi connectivity index (χ2v) is 6.68. The van der Waals surface area contributed by atoms with E-state index in [1.165, 1.54) is 30.5 Å². The predicted octanol–water partition coefficient (Wildman–Crippen LogP) is 4.84. The first-order valence-electron chi connectivity index (χ1n) is 9.46. The van der Waals surface area contributed by atoms with Crippen molar-refractivity contribution in [2.45, 2.75) is 13.2 Å². The third-order valence-corrected chi connectivity index (χ3v) is 4.21. The van der Waals surface area contributed by atoms with E-state index in [4.69, 9.17) is 14.6 Å². The van der Waals surface area contributed by atoms with E-state index in [2.05, 4.69) is 9.99 Å². The number of oxime groups is 1. The van der Waals surface area contributed by atoms with E-state index >= 15 is 0 Å². The minimum atomic E-state index is -1.21. The first-order chi connectivity index (χ1) is 15.8. The van der Waals surface area contributed by atoms with Crippen molar-refractivity contribution in [2.75, 3.05) is 6.61 Å². The van der Waals surface area contributed by atoms with Crippen molar-refractivity contribution < 1.29 is 41.8 Å². The van der Waals surface area contributed by atoms with Crippen molar-refractivity contribution in [2.24, 2.45) is 5.16 Å². The standard InChI is InChI=1S/C23H17F4NO5/c24-18-5-1-14(7-20(18)26)11-31-17-4-3-16(10-28-33-13-23(29)30)22(9-17)32-12-15-2-6-19(25)21(27)8-15/h1-10H,11-13H2,(H,29,30). The molecule has 0 amide bonds. The molecule has 3 aromatic rings. The van der Waals surface area contributed by atoms with Gasteiger partial charge in [-0.3, -0.25) is 0 Å². The number of ether oxygens (including phenoxy) is 2. The normalized spacial score (nSPS) is 10.9. The molecule has 0 unspecified atom stereocenters. The van der Waals surface area contributed by atoms with Gasteiger partial charge in [0, 0.05) is 11.6 Å². The Bertz CT molecular complexity index is 1170. The van der Waals surface area contributed by atoms with Crippen LogP contribution in [0, 0.1) is 23.3 Å². The van der Waals surface area contributed by atoms with E-state index in [0.29, 0.717) is 22.4 Å². The quantitative estimate of drug-likeness (QED) is 0.265. The lowest BCUT2D eigenvalue weighted by molar-refractivity contribution is -0.142. The van der Waals surface area contributed by atoms with E-state index in [-0.39, 0.29) is 19.0 Å². The van der Waals surface area contributed by atoms with E-state index in [1.807, 2.05) is 0 Å². The van der Waals surface area contributed by atoms with Gasteiger partial charge in [-0.1, -0.05) is 17.3 Å². The van der Waals surface area contributed by atoms with E-state index < -0.39 is 35.8 Å². The smallest absolute Gasteiger partial charge is 0.344 e. The minimum absolute atomic E-state index is 0.0605. The van der Waals surface area contributed by atoms with E-state index in [0.717, 1.165) is 24.3 Å². The van der Waals surface area contributed by atoms with Crippen molar-refractivity contribution in [3.8, 4) is 11.5 Å². The Balaban J connectivity index is 1.76. The molecule has 0 aliphatic heterocycles. The van der Waals surface area contributed by atoms with Crippen LogP contribution in [0.1, 0.15) is 16.7 Å². The lowest BCUT2D eigenvalue weighted by Gasteiger charge is -2.13. The van der Waals surface area contributed by atoms with Gasteiger partial charge >= 0.3 is 5.97 Å². The highest BCUT2D eigenvalue weighted by Gasteiger charge is 2.09.